The van der Waals surface area contributed by atoms with E-state index in [9.17, 15) is 9.90 Å². The molecule has 0 fully saturated rings. The molecule has 0 aliphatic carbocycles. The Morgan fingerprint density at radius 3 is 2.67 bits per heavy atom. The van der Waals surface area contributed by atoms with Crippen LogP contribution in [0, 0.1) is 0 Å². The summed E-state index contributed by atoms with van der Waals surface area (Å²) in [6.45, 7) is 0.475. The van der Waals surface area contributed by atoms with Crippen molar-refractivity contribution in [1.29, 1.82) is 0 Å². The molecular weight excluding hydrogens is 362 g/mol. The number of anilines is 1. The Hall–Kier alpha value is -3.24. The van der Waals surface area contributed by atoms with Crippen LogP contribution >= 0.6 is 11.6 Å². The molecule has 4 nitrogen and oxygen atoms in total. The quantitative estimate of drug-likeness (QED) is 0.452. The topological polar surface area (TPSA) is 58.6 Å². The van der Waals surface area contributed by atoms with Crippen LogP contribution in [0.5, 0.6) is 11.5 Å². The van der Waals surface area contributed by atoms with Crippen LogP contribution in [-0.4, -0.2) is 11.0 Å². The van der Waals surface area contributed by atoms with Crippen LogP contribution in [0.4, 0.5) is 5.69 Å². The second-order valence-electron chi connectivity index (χ2n) is 5.83. The minimum Gasteiger partial charge on any atom is -0.506 e. The van der Waals surface area contributed by atoms with Gasteiger partial charge in [-0.15, -0.1) is 0 Å². The van der Waals surface area contributed by atoms with E-state index < -0.39 is 0 Å². The smallest absolute Gasteiger partial charge is 0.248 e. The molecule has 3 aromatic rings. The minimum atomic E-state index is -0.372. The summed E-state index contributed by atoms with van der Waals surface area (Å²) in [5, 5.41) is 12.8. The van der Waals surface area contributed by atoms with Crippen LogP contribution in [0.2, 0.25) is 5.02 Å². The predicted octanol–water partition coefficient (Wildman–Crippen LogP) is 5.28. The van der Waals surface area contributed by atoms with Gasteiger partial charge in [0.15, 0.2) is 0 Å². The average molecular weight is 380 g/mol. The van der Waals surface area contributed by atoms with Gasteiger partial charge in [-0.3, -0.25) is 4.79 Å². The number of nitrogens with one attached hydrogen (secondary N) is 1. The third-order valence-electron chi connectivity index (χ3n) is 3.75. The first kappa shape index (κ1) is 18.5. The summed E-state index contributed by atoms with van der Waals surface area (Å²) in [7, 11) is 0. The number of hydrogen-bond donors (Lipinski definition) is 2. The SMILES string of the molecule is O=C(/C=C/c1cccc(OCc2ccccc2)c1)Nc1cc(Cl)ccc1O. The highest BCUT2D eigenvalue weighted by atomic mass is 35.5. The highest BCUT2D eigenvalue weighted by Gasteiger charge is 2.05. The first-order chi connectivity index (χ1) is 13.1. The van der Waals surface area contributed by atoms with E-state index in [1.807, 2.05) is 54.6 Å². The number of amides is 1. The third-order valence-corrected chi connectivity index (χ3v) is 3.99. The molecule has 3 aromatic carbocycles. The third kappa shape index (κ3) is 5.62. The lowest BCUT2D eigenvalue weighted by Crippen LogP contribution is -2.07. The van der Waals surface area contributed by atoms with Gasteiger partial charge in [-0.25, -0.2) is 0 Å². The van der Waals surface area contributed by atoms with Gasteiger partial charge in [0.05, 0.1) is 5.69 Å². The van der Waals surface area contributed by atoms with Crippen LogP contribution < -0.4 is 10.1 Å². The summed E-state index contributed by atoms with van der Waals surface area (Å²) in [5.74, 6) is 0.300. The molecule has 0 spiro atoms. The molecule has 0 aromatic heterocycles. The fraction of sp³-hybridized carbons (Fsp3) is 0.0455. The number of halogens is 1. The minimum absolute atomic E-state index is 0.0440. The largest absolute Gasteiger partial charge is 0.506 e. The molecule has 0 aliphatic heterocycles. The van der Waals surface area contributed by atoms with E-state index in [0.717, 1.165) is 11.1 Å². The average Bonchev–Trinajstić information content (AvgIpc) is 2.69. The Morgan fingerprint density at radius 1 is 1.04 bits per heavy atom. The summed E-state index contributed by atoms with van der Waals surface area (Å²) in [4.78, 5) is 12.1. The lowest BCUT2D eigenvalue weighted by Gasteiger charge is -2.07. The van der Waals surface area contributed by atoms with Crippen molar-refractivity contribution in [2.45, 2.75) is 6.61 Å². The number of benzene rings is 3. The second-order valence-corrected chi connectivity index (χ2v) is 6.27. The van der Waals surface area contributed by atoms with Crippen molar-refractivity contribution in [2.24, 2.45) is 0 Å². The first-order valence-corrected chi connectivity index (χ1v) is 8.72. The lowest BCUT2D eigenvalue weighted by molar-refractivity contribution is -0.111. The number of phenolic OH excluding ortho intramolecular Hbond substituents is 1. The maximum atomic E-state index is 12.1. The maximum Gasteiger partial charge on any atom is 0.248 e. The van der Waals surface area contributed by atoms with Crippen molar-refractivity contribution in [3.63, 3.8) is 0 Å². The summed E-state index contributed by atoms with van der Waals surface area (Å²) in [6, 6.07) is 21.8. The zero-order valence-electron chi connectivity index (χ0n) is 14.4. The molecule has 0 saturated carbocycles. The van der Waals surface area contributed by atoms with E-state index in [1.165, 1.54) is 18.2 Å². The summed E-state index contributed by atoms with van der Waals surface area (Å²) < 4.78 is 5.78. The van der Waals surface area contributed by atoms with Crippen LogP contribution in [0.25, 0.3) is 6.08 Å². The molecule has 1 amide bonds. The van der Waals surface area contributed by atoms with Crippen molar-refractivity contribution in [2.75, 3.05) is 5.32 Å². The van der Waals surface area contributed by atoms with E-state index >= 15 is 0 Å². The number of rotatable bonds is 6. The van der Waals surface area contributed by atoms with Crippen molar-refractivity contribution in [1.82, 2.24) is 0 Å². The molecule has 2 N–H and O–H groups in total. The van der Waals surface area contributed by atoms with Gasteiger partial charge in [0.25, 0.3) is 0 Å². The fourth-order valence-electron chi connectivity index (χ4n) is 2.40. The van der Waals surface area contributed by atoms with Crippen LogP contribution in [-0.2, 0) is 11.4 Å². The fourth-order valence-corrected chi connectivity index (χ4v) is 2.58. The predicted molar refractivity (Wildman–Crippen MR) is 108 cm³/mol. The molecule has 0 bridgehead atoms. The zero-order valence-corrected chi connectivity index (χ0v) is 15.2. The number of aromatic hydroxyl groups is 1. The van der Waals surface area contributed by atoms with Crippen LogP contribution in [0.3, 0.4) is 0 Å². The molecule has 136 valence electrons. The first-order valence-electron chi connectivity index (χ1n) is 8.34. The Morgan fingerprint density at radius 2 is 1.85 bits per heavy atom. The Kier molecular flexibility index (Phi) is 6.13. The van der Waals surface area contributed by atoms with Gasteiger partial charge >= 0.3 is 0 Å². The second kappa shape index (κ2) is 8.92. The molecule has 3 rings (SSSR count). The Labute approximate surface area is 162 Å². The van der Waals surface area contributed by atoms with Gasteiger partial charge in [0, 0.05) is 11.1 Å². The number of phenols is 1. The summed E-state index contributed by atoms with van der Waals surface area (Å²) in [6.07, 6.45) is 3.06. The van der Waals surface area contributed by atoms with Crippen molar-refractivity contribution in [3.05, 3.63) is 95.0 Å². The van der Waals surface area contributed by atoms with E-state index in [4.69, 9.17) is 16.3 Å². The number of carbonyl (C=O) groups excluding carboxylic acids is 1. The number of carbonyl (C=O) groups is 1. The highest BCUT2D eigenvalue weighted by Crippen LogP contribution is 2.26. The molecule has 0 unspecified atom stereocenters. The summed E-state index contributed by atoms with van der Waals surface area (Å²) >= 11 is 5.87. The lowest BCUT2D eigenvalue weighted by atomic mass is 10.2. The Bertz CT molecular complexity index is 955. The van der Waals surface area contributed by atoms with Crippen molar-refractivity contribution >= 4 is 29.3 Å². The van der Waals surface area contributed by atoms with Gasteiger partial charge in [-0.05, 0) is 47.5 Å². The van der Waals surface area contributed by atoms with Gasteiger partial charge in [0.1, 0.15) is 18.1 Å². The van der Waals surface area contributed by atoms with E-state index in [1.54, 1.807) is 12.1 Å². The monoisotopic (exact) mass is 379 g/mol. The number of hydrogen-bond acceptors (Lipinski definition) is 3. The zero-order chi connectivity index (χ0) is 19.1. The normalized spacial score (nSPS) is 10.7. The van der Waals surface area contributed by atoms with Crippen molar-refractivity contribution < 1.29 is 14.6 Å². The molecule has 0 heterocycles. The Balaban J connectivity index is 1.61. The molecule has 5 heteroatoms. The maximum absolute atomic E-state index is 12.1. The van der Waals surface area contributed by atoms with Gasteiger partial charge < -0.3 is 15.2 Å². The molecule has 0 atom stereocenters. The van der Waals surface area contributed by atoms with Crippen LogP contribution in [0.1, 0.15) is 11.1 Å². The molecule has 27 heavy (non-hydrogen) atoms. The van der Waals surface area contributed by atoms with Crippen molar-refractivity contribution in [3.8, 4) is 11.5 Å². The van der Waals surface area contributed by atoms with E-state index in [-0.39, 0.29) is 17.3 Å². The van der Waals surface area contributed by atoms with Crippen LogP contribution in [0.15, 0.2) is 78.9 Å². The molecule has 0 saturated heterocycles. The highest BCUT2D eigenvalue weighted by molar-refractivity contribution is 6.31. The molecule has 0 aliphatic rings. The standard InChI is InChI=1S/C22H18ClNO3/c23-18-10-11-21(25)20(14-18)24-22(26)12-9-16-7-4-8-19(13-16)27-15-17-5-2-1-3-6-17/h1-14,25H,15H2,(H,24,26)/b12-9+. The number of ether oxygens (including phenoxy) is 1. The van der Waals surface area contributed by atoms with Gasteiger partial charge in [-0.2, -0.15) is 0 Å². The van der Waals surface area contributed by atoms with Gasteiger partial charge in [-0.1, -0.05) is 54.1 Å². The van der Waals surface area contributed by atoms with E-state index in [2.05, 4.69) is 5.32 Å². The molecule has 0 radical (unpaired) electrons. The molecular formula is C22H18ClNO3. The van der Waals surface area contributed by atoms with Gasteiger partial charge in [0.2, 0.25) is 5.91 Å². The summed E-state index contributed by atoms with van der Waals surface area (Å²) in [5.41, 5.74) is 2.17. The van der Waals surface area contributed by atoms with E-state index in [0.29, 0.717) is 17.4 Å².